The number of anilines is 3. The van der Waals surface area contributed by atoms with Crippen LogP contribution >= 0.6 is 0 Å². The van der Waals surface area contributed by atoms with Crippen LogP contribution < -0.4 is 10.6 Å². The highest BCUT2D eigenvalue weighted by atomic mass is 15.3. The van der Waals surface area contributed by atoms with Crippen molar-refractivity contribution in [2.24, 2.45) is 0 Å². The number of aryl methyl sites for hydroxylation is 1. The van der Waals surface area contributed by atoms with Crippen molar-refractivity contribution in [3.63, 3.8) is 0 Å². The van der Waals surface area contributed by atoms with Crippen molar-refractivity contribution in [3.05, 3.63) is 66.1 Å². The summed E-state index contributed by atoms with van der Waals surface area (Å²) in [5.41, 5.74) is 3.07. The van der Waals surface area contributed by atoms with Crippen LogP contribution in [0.25, 0.3) is 0 Å². The van der Waals surface area contributed by atoms with Crippen LogP contribution in [0.1, 0.15) is 11.3 Å². The molecule has 2 N–H and O–H groups in total. The molecule has 1 aromatic carbocycles. The van der Waals surface area contributed by atoms with Gasteiger partial charge in [0.2, 0.25) is 5.95 Å². The minimum absolute atomic E-state index is 0.454. The van der Waals surface area contributed by atoms with E-state index in [1.165, 1.54) is 5.56 Å². The number of hydrogen-bond acceptors (Lipinski definition) is 6. The first-order valence-corrected chi connectivity index (χ1v) is 6.97. The molecule has 2 aromatic heterocycles. The summed E-state index contributed by atoms with van der Waals surface area (Å²) in [6, 6.07) is 13.8. The summed E-state index contributed by atoms with van der Waals surface area (Å²) >= 11 is 0. The lowest BCUT2D eigenvalue weighted by Gasteiger charge is -2.07. The molecule has 0 spiro atoms. The molecular weight excluding hydrogens is 276 g/mol. The molecule has 0 amide bonds. The van der Waals surface area contributed by atoms with E-state index in [9.17, 15) is 0 Å². The molecule has 3 aromatic rings. The van der Waals surface area contributed by atoms with Crippen LogP contribution in [-0.2, 0) is 6.54 Å². The molecule has 2 heterocycles. The number of rotatable bonds is 5. The third-order valence-corrected chi connectivity index (χ3v) is 3.04. The van der Waals surface area contributed by atoms with Gasteiger partial charge in [0.25, 0.3) is 0 Å². The van der Waals surface area contributed by atoms with Gasteiger partial charge in [-0.3, -0.25) is 4.98 Å². The Morgan fingerprint density at radius 3 is 2.68 bits per heavy atom. The van der Waals surface area contributed by atoms with E-state index in [0.717, 1.165) is 11.4 Å². The first kappa shape index (κ1) is 13.9. The maximum absolute atomic E-state index is 4.38. The summed E-state index contributed by atoms with van der Waals surface area (Å²) < 4.78 is 0. The normalized spacial score (nSPS) is 10.2. The van der Waals surface area contributed by atoms with Crippen molar-refractivity contribution in [2.75, 3.05) is 10.6 Å². The minimum atomic E-state index is 0.454. The topological polar surface area (TPSA) is 75.6 Å². The quantitative estimate of drug-likeness (QED) is 0.753. The fraction of sp³-hybridized carbons (Fsp3) is 0.125. The van der Waals surface area contributed by atoms with Gasteiger partial charge in [-0.15, -0.1) is 5.10 Å². The van der Waals surface area contributed by atoms with E-state index in [2.05, 4.69) is 30.8 Å². The highest BCUT2D eigenvalue weighted by molar-refractivity contribution is 5.54. The highest BCUT2D eigenvalue weighted by Gasteiger charge is 2.02. The zero-order valence-electron chi connectivity index (χ0n) is 12.2. The molecule has 0 saturated carbocycles. The standard InChI is InChI=1S/C16H16N6/c1-12-5-7-13(8-6-12)20-16-21-15(11-19-22-16)18-10-14-4-2-3-9-17-14/h2-9,11H,10H2,1H3,(H2,18,20,21,22). The Hall–Kier alpha value is -3.02. The largest absolute Gasteiger partial charge is 0.363 e. The van der Waals surface area contributed by atoms with Gasteiger partial charge in [-0.2, -0.15) is 10.1 Å². The molecule has 22 heavy (non-hydrogen) atoms. The first-order chi connectivity index (χ1) is 10.8. The average Bonchev–Trinajstić information content (AvgIpc) is 2.57. The SMILES string of the molecule is Cc1ccc(Nc2nncc(NCc3ccccn3)n2)cc1. The van der Waals surface area contributed by atoms with E-state index >= 15 is 0 Å². The van der Waals surface area contributed by atoms with Crippen LogP contribution in [0.5, 0.6) is 0 Å². The molecule has 0 aliphatic heterocycles. The lowest BCUT2D eigenvalue weighted by molar-refractivity contribution is 0.955. The van der Waals surface area contributed by atoms with E-state index in [1.807, 2.05) is 49.4 Å². The number of nitrogens with zero attached hydrogens (tertiary/aromatic N) is 4. The Labute approximate surface area is 128 Å². The summed E-state index contributed by atoms with van der Waals surface area (Å²) in [6.45, 7) is 2.63. The van der Waals surface area contributed by atoms with Gasteiger partial charge in [-0.05, 0) is 31.2 Å². The van der Waals surface area contributed by atoms with Crippen molar-refractivity contribution in [2.45, 2.75) is 13.5 Å². The van der Waals surface area contributed by atoms with E-state index < -0.39 is 0 Å². The lowest BCUT2D eigenvalue weighted by atomic mass is 10.2. The monoisotopic (exact) mass is 292 g/mol. The number of pyridine rings is 1. The van der Waals surface area contributed by atoms with Crippen LogP contribution in [-0.4, -0.2) is 20.2 Å². The average molecular weight is 292 g/mol. The fourth-order valence-electron chi connectivity index (χ4n) is 1.89. The third kappa shape index (κ3) is 3.76. The molecule has 3 rings (SSSR count). The Morgan fingerprint density at radius 1 is 1.05 bits per heavy atom. The molecule has 0 fully saturated rings. The smallest absolute Gasteiger partial charge is 0.249 e. The van der Waals surface area contributed by atoms with Gasteiger partial charge in [0.1, 0.15) is 0 Å². The first-order valence-electron chi connectivity index (χ1n) is 6.97. The van der Waals surface area contributed by atoms with Gasteiger partial charge in [0.15, 0.2) is 5.82 Å². The van der Waals surface area contributed by atoms with Crippen LogP contribution in [0.4, 0.5) is 17.5 Å². The summed E-state index contributed by atoms with van der Waals surface area (Å²) in [5.74, 6) is 1.10. The van der Waals surface area contributed by atoms with Gasteiger partial charge in [0, 0.05) is 11.9 Å². The Bertz CT molecular complexity index is 727. The van der Waals surface area contributed by atoms with Crippen LogP contribution in [0.15, 0.2) is 54.9 Å². The number of nitrogens with one attached hydrogen (secondary N) is 2. The molecule has 0 radical (unpaired) electrons. The summed E-state index contributed by atoms with van der Waals surface area (Å²) in [5, 5.41) is 14.2. The third-order valence-electron chi connectivity index (χ3n) is 3.04. The van der Waals surface area contributed by atoms with Gasteiger partial charge in [-0.25, -0.2) is 0 Å². The van der Waals surface area contributed by atoms with Crippen molar-refractivity contribution < 1.29 is 0 Å². The Morgan fingerprint density at radius 2 is 1.91 bits per heavy atom. The molecule has 0 bridgehead atoms. The van der Waals surface area contributed by atoms with Gasteiger partial charge in [-0.1, -0.05) is 23.8 Å². The predicted molar refractivity (Wildman–Crippen MR) is 85.9 cm³/mol. The molecule has 0 aliphatic carbocycles. The minimum Gasteiger partial charge on any atom is -0.363 e. The van der Waals surface area contributed by atoms with Gasteiger partial charge in [0.05, 0.1) is 18.4 Å². The van der Waals surface area contributed by atoms with Crippen molar-refractivity contribution in [3.8, 4) is 0 Å². The van der Waals surface area contributed by atoms with Crippen LogP contribution in [0.3, 0.4) is 0 Å². The van der Waals surface area contributed by atoms with E-state index in [0.29, 0.717) is 18.3 Å². The zero-order valence-corrected chi connectivity index (χ0v) is 12.2. The maximum atomic E-state index is 4.38. The molecular formula is C16H16N6. The Kier molecular flexibility index (Phi) is 4.20. The maximum Gasteiger partial charge on any atom is 0.249 e. The highest BCUT2D eigenvalue weighted by Crippen LogP contribution is 2.14. The number of aromatic nitrogens is 4. The Balaban J connectivity index is 1.66. The van der Waals surface area contributed by atoms with Crippen LogP contribution in [0, 0.1) is 6.92 Å². The van der Waals surface area contributed by atoms with E-state index in [-0.39, 0.29) is 0 Å². The summed E-state index contributed by atoms with van der Waals surface area (Å²) in [6.07, 6.45) is 3.35. The predicted octanol–water partition coefficient (Wildman–Crippen LogP) is 2.93. The second kappa shape index (κ2) is 6.62. The van der Waals surface area contributed by atoms with Gasteiger partial charge < -0.3 is 10.6 Å². The number of hydrogen-bond donors (Lipinski definition) is 2. The lowest BCUT2D eigenvalue weighted by Crippen LogP contribution is -2.06. The second-order valence-electron chi connectivity index (χ2n) is 4.83. The molecule has 6 heteroatoms. The second-order valence-corrected chi connectivity index (χ2v) is 4.83. The van der Waals surface area contributed by atoms with E-state index in [1.54, 1.807) is 12.4 Å². The van der Waals surface area contributed by atoms with Crippen LogP contribution in [0.2, 0.25) is 0 Å². The van der Waals surface area contributed by atoms with E-state index in [4.69, 9.17) is 0 Å². The van der Waals surface area contributed by atoms with Crippen molar-refractivity contribution in [1.82, 2.24) is 20.2 Å². The van der Waals surface area contributed by atoms with Crippen molar-refractivity contribution >= 4 is 17.5 Å². The molecule has 0 unspecified atom stereocenters. The zero-order chi connectivity index (χ0) is 15.2. The molecule has 110 valence electrons. The molecule has 0 saturated heterocycles. The number of benzene rings is 1. The molecule has 6 nitrogen and oxygen atoms in total. The fourth-order valence-corrected chi connectivity index (χ4v) is 1.89. The molecule has 0 aliphatic rings. The summed E-state index contributed by atoms with van der Waals surface area (Å²) in [7, 11) is 0. The van der Waals surface area contributed by atoms with Gasteiger partial charge >= 0.3 is 0 Å². The summed E-state index contributed by atoms with van der Waals surface area (Å²) in [4.78, 5) is 8.63. The molecule has 0 atom stereocenters. The van der Waals surface area contributed by atoms with Crippen molar-refractivity contribution in [1.29, 1.82) is 0 Å².